The van der Waals surface area contributed by atoms with Crippen LogP contribution in [0.4, 0.5) is 0 Å². The summed E-state index contributed by atoms with van der Waals surface area (Å²) in [5.41, 5.74) is 0. The molecular weight excluding hydrogens is 1310 g/mol. The zero-order chi connectivity index (χ0) is 73.2. The molecule has 0 aliphatic rings. The predicted octanol–water partition coefficient (Wildman–Crippen LogP) is 21.7. The van der Waals surface area contributed by atoms with Crippen LogP contribution in [-0.4, -0.2) is 96.7 Å². The van der Waals surface area contributed by atoms with E-state index in [0.29, 0.717) is 32.1 Å². The first-order valence-corrected chi connectivity index (χ1v) is 40.7. The molecule has 568 valence electrons. The third-order valence-corrected chi connectivity index (χ3v) is 16.9. The Bertz CT molecular complexity index is 2520. The predicted molar refractivity (Wildman–Crippen MR) is 408 cm³/mol. The molecule has 0 saturated heterocycles. The molecular formula is C81H132O17P2. The van der Waals surface area contributed by atoms with E-state index in [-0.39, 0.29) is 25.7 Å². The van der Waals surface area contributed by atoms with Gasteiger partial charge in [0.1, 0.15) is 19.3 Å². The Balaban J connectivity index is 5.45. The molecule has 0 fully saturated rings. The molecule has 0 bridgehead atoms. The van der Waals surface area contributed by atoms with Crippen LogP contribution in [0.2, 0.25) is 0 Å². The number of hydrogen-bond acceptors (Lipinski definition) is 15. The number of rotatable bonds is 69. The lowest BCUT2D eigenvalue weighted by molar-refractivity contribution is -0.161. The molecule has 0 spiro atoms. The smallest absolute Gasteiger partial charge is 0.462 e. The molecule has 0 aliphatic heterocycles. The average molecular weight is 1440 g/mol. The number of phosphoric ester groups is 2. The molecule has 5 unspecified atom stereocenters. The topological polar surface area (TPSA) is 237 Å². The number of unbranched alkanes of at least 4 members (excludes halogenated alkanes) is 17. The molecule has 0 amide bonds. The summed E-state index contributed by atoms with van der Waals surface area (Å²) in [7, 11) is -9.99. The van der Waals surface area contributed by atoms with Crippen molar-refractivity contribution >= 4 is 39.5 Å². The van der Waals surface area contributed by atoms with Crippen molar-refractivity contribution in [2.75, 3.05) is 39.6 Å². The largest absolute Gasteiger partial charge is 0.472 e. The highest BCUT2D eigenvalue weighted by atomic mass is 31.2. The van der Waals surface area contributed by atoms with E-state index in [1.165, 1.54) is 0 Å². The first-order valence-electron chi connectivity index (χ1n) is 37.7. The van der Waals surface area contributed by atoms with Gasteiger partial charge in [0.05, 0.1) is 26.4 Å². The first kappa shape index (κ1) is 94.7. The van der Waals surface area contributed by atoms with Gasteiger partial charge in [0.25, 0.3) is 0 Å². The second-order valence-corrected chi connectivity index (χ2v) is 27.3. The molecule has 3 N–H and O–H groups in total. The Labute approximate surface area is 604 Å². The van der Waals surface area contributed by atoms with Gasteiger partial charge in [-0.15, -0.1) is 0 Å². The summed E-state index contributed by atoms with van der Waals surface area (Å²) in [6.07, 6.45) is 82.4. The van der Waals surface area contributed by atoms with Gasteiger partial charge in [0.2, 0.25) is 0 Å². The van der Waals surface area contributed by atoms with Crippen LogP contribution in [0.3, 0.4) is 0 Å². The summed E-state index contributed by atoms with van der Waals surface area (Å²) in [5, 5.41) is 10.6. The number of ether oxygens (including phenoxy) is 4. The number of esters is 4. The Hall–Kier alpha value is -5.32. The van der Waals surface area contributed by atoms with E-state index in [2.05, 4.69) is 174 Å². The van der Waals surface area contributed by atoms with E-state index in [1.54, 1.807) is 0 Å². The summed E-state index contributed by atoms with van der Waals surface area (Å²) in [6.45, 7) is 4.32. The Morgan fingerprint density at radius 2 is 0.530 bits per heavy atom. The summed E-state index contributed by atoms with van der Waals surface area (Å²) in [5.74, 6) is -2.31. The van der Waals surface area contributed by atoms with Gasteiger partial charge in [-0.05, 0) is 154 Å². The van der Waals surface area contributed by atoms with E-state index < -0.39 is 97.5 Å². The average Bonchev–Trinajstić information content (AvgIpc) is 0.965. The Morgan fingerprint density at radius 3 is 0.840 bits per heavy atom. The summed E-state index contributed by atoms with van der Waals surface area (Å²) in [4.78, 5) is 72.8. The summed E-state index contributed by atoms with van der Waals surface area (Å²) in [6, 6.07) is 0. The van der Waals surface area contributed by atoms with Crippen molar-refractivity contribution in [2.45, 2.75) is 290 Å². The molecule has 17 nitrogen and oxygen atoms in total. The Kier molecular flexibility index (Phi) is 68.2. The normalized spacial score (nSPS) is 14.8. The number of aliphatic hydroxyl groups is 1. The number of phosphoric acid groups is 2. The third kappa shape index (κ3) is 71.1. The number of allylic oxidation sites excluding steroid dienone is 26. The molecule has 0 rings (SSSR count). The van der Waals surface area contributed by atoms with E-state index in [9.17, 15) is 43.2 Å². The van der Waals surface area contributed by atoms with Gasteiger partial charge in [-0.1, -0.05) is 250 Å². The van der Waals surface area contributed by atoms with Gasteiger partial charge in [-0.2, -0.15) is 0 Å². The van der Waals surface area contributed by atoms with Gasteiger partial charge in [-0.25, -0.2) is 9.13 Å². The van der Waals surface area contributed by atoms with Crippen LogP contribution in [0, 0.1) is 0 Å². The van der Waals surface area contributed by atoms with Crippen molar-refractivity contribution in [3.63, 3.8) is 0 Å². The lowest BCUT2D eigenvalue weighted by Gasteiger charge is -2.21. The molecule has 0 heterocycles. The van der Waals surface area contributed by atoms with Crippen molar-refractivity contribution < 1.29 is 80.2 Å². The number of carbonyl (C=O) groups is 4. The van der Waals surface area contributed by atoms with Crippen LogP contribution in [0.1, 0.15) is 272 Å². The quantitative estimate of drug-likeness (QED) is 0.0169. The maximum Gasteiger partial charge on any atom is 0.472 e. The highest BCUT2D eigenvalue weighted by molar-refractivity contribution is 7.47. The third-order valence-electron chi connectivity index (χ3n) is 14.9. The van der Waals surface area contributed by atoms with Crippen molar-refractivity contribution in [3.05, 3.63) is 158 Å². The zero-order valence-electron chi connectivity index (χ0n) is 61.8. The van der Waals surface area contributed by atoms with Gasteiger partial charge in [0, 0.05) is 25.7 Å². The highest BCUT2D eigenvalue weighted by Crippen LogP contribution is 2.45. The molecule has 0 aromatic rings. The SMILES string of the molecule is CC/C=C\C/C=C\C/C=C\C/C=C\C/C=C\CCCC(=O)OCC(COP(=O)(O)OCC(O)COP(=O)(O)OCC(COC(=O)CCCCCCC/C=C\C/C=C\C/C=C\CC)OC(=O)CCCCCCC/C=C\C/C=C\C/C=C\CC)OC(=O)CCCCCCC/C=C\C/C=C\CCC. The van der Waals surface area contributed by atoms with Crippen molar-refractivity contribution in [3.8, 4) is 0 Å². The fraction of sp³-hybridized carbons (Fsp3) is 0.630. The number of hydrogen-bond donors (Lipinski definition) is 3. The van der Waals surface area contributed by atoms with Crippen LogP contribution in [-0.2, 0) is 65.4 Å². The number of carbonyl (C=O) groups excluding carboxylic acids is 4. The maximum atomic E-state index is 13.1. The molecule has 0 saturated carbocycles. The molecule has 0 aromatic heterocycles. The van der Waals surface area contributed by atoms with Crippen LogP contribution in [0.5, 0.6) is 0 Å². The summed E-state index contributed by atoms with van der Waals surface area (Å²) < 4.78 is 68.4. The second kappa shape index (κ2) is 72.0. The van der Waals surface area contributed by atoms with Crippen molar-refractivity contribution in [1.29, 1.82) is 0 Å². The van der Waals surface area contributed by atoms with E-state index in [1.807, 2.05) is 12.2 Å². The number of aliphatic hydroxyl groups excluding tert-OH is 1. The van der Waals surface area contributed by atoms with Gasteiger partial charge in [-0.3, -0.25) is 37.3 Å². The van der Waals surface area contributed by atoms with E-state index in [4.69, 9.17) is 37.0 Å². The molecule has 0 aliphatic carbocycles. The minimum atomic E-state index is -5.00. The molecule has 5 atom stereocenters. The van der Waals surface area contributed by atoms with Gasteiger partial charge in [0.15, 0.2) is 12.2 Å². The first-order chi connectivity index (χ1) is 48.7. The summed E-state index contributed by atoms with van der Waals surface area (Å²) >= 11 is 0. The Morgan fingerprint density at radius 1 is 0.290 bits per heavy atom. The molecule has 0 radical (unpaired) electrons. The van der Waals surface area contributed by atoms with E-state index in [0.717, 1.165) is 186 Å². The highest BCUT2D eigenvalue weighted by Gasteiger charge is 2.30. The minimum absolute atomic E-state index is 0.0607. The monoisotopic (exact) mass is 1440 g/mol. The minimum Gasteiger partial charge on any atom is -0.462 e. The molecule has 100 heavy (non-hydrogen) atoms. The van der Waals surface area contributed by atoms with Gasteiger partial charge >= 0.3 is 39.5 Å². The second-order valence-electron chi connectivity index (χ2n) is 24.4. The van der Waals surface area contributed by atoms with Crippen LogP contribution in [0.15, 0.2) is 158 Å². The fourth-order valence-corrected chi connectivity index (χ4v) is 10.9. The lowest BCUT2D eigenvalue weighted by Crippen LogP contribution is -2.30. The van der Waals surface area contributed by atoms with Crippen LogP contribution >= 0.6 is 15.6 Å². The maximum absolute atomic E-state index is 13.1. The van der Waals surface area contributed by atoms with E-state index >= 15 is 0 Å². The van der Waals surface area contributed by atoms with Crippen LogP contribution in [0.25, 0.3) is 0 Å². The van der Waals surface area contributed by atoms with Crippen LogP contribution < -0.4 is 0 Å². The van der Waals surface area contributed by atoms with Crippen molar-refractivity contribution in [1.82, 2.24) is 0 Å². The fourth-order valence-electron chi connectivity index (χ4n) is 9.32. The van der Waals surface area contributed by atoms with Gasteiger partial charge < -0.3 is 33.8 Å². The lowest BCUT2D eigenvalue weighted by atomic mass is 10.1. The zero-order valence-corrected chi connectivity index (χ0v) is 63.6. The molecule has 0 aromatic carbocycles. The standard InChI is InChI=1S/C81H132O17P2/c1-5-9-13-17-21-25-29-33-36-37-40-43-46-50-54-58-62-66-79(84)92-71-76(97-80(85)67-63-59-55-51-47-41-32-28-24-20-16-12-8-4)73-95-99(87,88)93-69-75(82)70-94-100(89,90)96-74-77(98-81(86)68-64-60-56-52-48-44-39-35-31-27-23-19-15-11-7-3)72-91-78(83)65-61-57-53-49-45-42-38-34-30-26-22-18-14-10-6-2/h9-11,13-16,20-23,25-28,32-36,38-40,43,50,54,75-77,82H,5-8,12,17-19,24,29-31,37,41-42,44-49,51-53,55-74H2,1-4H3,(H,87,88)(H,89,90)/b13-9-,14-10-,15-11-,20-16-,25-21-,26-22-,27-23-,32-28-,36-33-,38-34-,39-35-,43-40-,54-50-. The van der Waals surface area contributed by atoms with Crippen molar-refractivity contribution in [2.24, 2.45) is 0 Å². The molecule has 19 heteroatoms.